The van der Waals surface area contributed by atoms with E-state index < -0.39 is 12.4 Å². The number of nitrogens with two attached hydrogens (primary N) is 2. The van der Waals surface area contributed by atoms with E-state index in [4.69, 9.17) is 16.9 Å². The largest absolute Gasteiger partial charge is 0.573 e. The topological polar surface area (TPSA) is 101 Å². The number of nitrogens with zero attached hydrogens (tertiary/aromatic N) is 2. The monoisotopic (exact) mass is 363 g/mol. The number of hydrogen-bond acceptors (Lipinski definition) is 3. The highest BCUT2D eigenvalue weighted by molar-refractivity contribution is 6.04. The van der Waals surface area contributed by atoms with Crippen LogP contribution >= 0.6 is 0 Å². The van der Waals surface area contributed by atoms with Crippen LogP contribution < -0.4 is 21.1 Å². The zero-order valence-electron chi connectivity index (χ0n) is 13.5. The fraction of sp³-hybridized carbons (Fsp3) is 0.176. The molecule has 2 aromatic rings. The molecule has 0 bridgehead atoms. The van der Waals surface area contributed by atoms with E-state index in [-0.39, 0.29) is 17.5 Å². The standard InChI is InChI=1S/C17H16F3N5O/c18-17(19,20)26-12-7-5-11(6-8-12)24-15(21)14-9-10-3-1-2-4-13(10)25(14)16(22)23/h1-8,14H,9H2,(H2,21,24)(H3,22,23). The summed E-state index contributed by atoms with van der Waals surface area (Å²) >= 11 is 0. The highest BCUT2D eigenvalue weighted by atomic mass is 19.4. The lowest BCUT2D eigenvalue weighted by Crippen LogP contribution is -2.48. The predicted octanol–water partition coefficient (Wildman–Crippen LogP) is 2.90. The van der Waals surface area contributed by atoms with Gasteiger partial charge in [0.05, 0.1) is 11.7 Å². The number of alkyl halides is 3. The first kappa shape index (κ1) is 17.6. The number of rotatable bonds is 3. The second-order valence-electron chi connectivity index (χ2n) is 5.68. The van der Waals surface area contributed by atoms with E-state index >= 15 is 0 Å². The summed E-state index contributed by atoms with van der Waals surface area (Å²) < 4.78 is 40.4. The van der Waals surface area contributed by atoms with Crippen molar-refractivity contribution >= 4 is 23.2 Å². The van der Waals surface area contributed by atoms with Crippen LogP contribution in [0.1, 0.15) is 5.56 Å². The van der Waals surface area contributed by atoms with E-state index in [1.54, 1.807) is 4.90 Å². The van der Waals surface area contributed by atoms with Crippen LogP contribution in [0.3, 0.4) is 0 Å². The molecule has 9 heteroatoms. The lowest BCUT2D eigenvalue weighted by molar-refractivity contribution is -0.274. The third kappa shape index (κ3) is 3.71. The van der Waals surface area contributed by atoms with Gasteiger partial charge in [-0.05, 0) is 35.9 Å². The Bertz CT molecular complexity index is 848. The lowest BCUT2D eigenvalue weighted by atomic mass is 10.1. The molecule has 1 aliphatic heterocycles. The van der Waals surface area contributed by atoms with Crippen LogP contribution in [-0.2, 0) is 6.42 Å². The van der Waals surface area contributed by atoms with Crippen molar-refractivity contribution in [2.24, 2.45) is 16.5 Å². The van der Waals surface area contributed by atoms with Gasteiger partial charge in [0.15, 0.2) is 5.96 Å². The summed E-state index contributed by atoms with van der Waals surface area (Å²) in [4.78, 5) is 5.84. The number of para-hydroxylation sites is 1. The van der Waals surface area contributed by atoms with Crippen molar-refractivity contribution in [1.29, 1.82) is 5.41 Å². The molecule has 3 rings (SSSR count). The average molecular weight is 363 g/mol. The first-order valence-electron chi connectivity index (χ1n) is 7.65. The van der Waals surface area contributed by atoms with Crippen LogP contribution in [0, 0.1) is 5.41 Å². The normalized spacial score (nSPS) is 17.1. The molecule has 0 saturated carbocycles. The summed E-state index contributed by atoms with van der Waals surface area (Å²) in [7, 11) is 0. The van der Waals surface area contributed by atoms with E-state index in [1.807, 2.05) is 24.3 Å². The van der Waals surface area contributed by atoms with Gasteiger partial charge in [-0.25, -0.2) is 4.99 Å². The maximum atomic E-state index is 12.2. The molecule has 5 N–H and O–H groups in total. The van der Waals surface area contributed by atoms with Crippen molar-refractivity contribution in [1.82, 2.24) is 0 Å². The van der Waals surface area contributed by atoms with Gasteiger partial charge in [0.1, 0.15) is 11.6 Å². The quantitative estimate of drug-likeness (QED) is 0.576. The molecule has 1 unspecified atom stereocenters. The number of nitrogens with one attached hydrogen (secondary N) is 1. The van der Waals surface area contributed by atoms with E-state index in [0.29, 0.717) is 12.1 Å². The van der Waals surface area contributed by atoms with Gasteiger partial charge in [-0.3, -0.25) is 5.41 Å². The first-order valence-corrected chi connectivity index (χ1v) is 7.65. The lowest BCUT2D eigenvalue weighted by Gasteiger charge is -2.25. The Morgan fingerprint density at radius 1 is 1.12 bits per heavy atom. The molecular formula is C17H16F3N5O. The third-order valence-electron chi connectivity index (χ3n) is 3.91. The molecule has 1 aliphatic rings. The van der Waals surface area contributed by atoms with Gasteiger partial charge in [-0.1, -0.05) is 18.2 Å². The summed E-state index contributed by atoms with van der Waals surface area (Å²) in [5.41, 5.74) is 13.9. The number of ether oxygens (including phenoxy) is 1. The molecule has 26 heavy (non-hydrogen) atoms. The number of benzene rings is 2. The van der Waals surface area contributed by atoms with Gasteiger partial charge in [-0.2, -0.15) is 0 Å². The van der Waals surface area contributed by atoms with Crippen LogP contribution in [0.15, 0.2) is 53.5 Å². The molecule has 0 radical (unpaired) electrons. The van der Waals surface area contributed by atoms with Gasteiger partial charge in [0, 0.05) is 12.1 Å². The molecule has 1 atom stereocenters. The average Bonchev–Trinajstić information content (AvgIpc) is 2.95. The van der Waals surface area contributed by atoms with Gasteiger partial charge >= 0.3 is 6.36 Å². The highest BCUT2D eigenvalue weighted by Crippen LogP contribution is 2.32. The number of aliphatic imine (C=N–C) groups is 1. The third-order valence-corrected chi connectivity index (χ3v) is 3.91. The summed E-state index contributed by atoms with van der Waals surface area (Å²) in [6.45, 7) is 0. The number of guanidine groups is 1. The number of hydrogen-bond donors (Lipinski definition) is 3. The molecule has 1 heterocycles. The van der Waals surface area contributed by atoms with Crippen LogP contribution in [0.5, 0.6) is 5.75 Å². The smallest absolute Gasteiger partial charge is 0.406 e. The Hall–Kier alpha value is -3.23. The molecule has 0 spiro atoms. The highest BCUT2D eigenvalue weighted by Gasteiger charge is 2.33. The Morgan fingerprint density at radius 2 is 1.77 bits per heavy atom. The minimum Gasteiger partial charge on any atom is -0.406 e. The number of halogens is 3. The first-order chi connectivity index (χ1) is 12.2. The van der Waals surface area contributed by atoms with Crippen LogP contribution in [0.25, 0.3) is 0 Å². The van der Waals surface area contributed by atoms with Gasteiger partial charge in [0.2, 0.25) is 0 Å². The summed E-state index contributed by atoms with van der Waals surface area (Å²) in [5.74, 6) is -0.290. The Morgan fingerprint density at radius 3 is 2.38 bits per heavy atom. The minimum absolute atomic E-state index is 0.160. The Kier molecular flexibility index (Phi) is 4.45. The van der Waals surface area contributed by atoms with Crippen molar-refractivity contribution in [3.63, 3.8) is 0 Å². The SMILES string of the molecule is N=C(N)N1c2ccccc2CC1C(N)=Nc1ccc(OC(F)(F)F)cc1. The maximum Gasteiger partial charge on any atom is 0.573 e. The summed E-state index contributed by atoms with van der Waals surface area (Å²) in [6, 6.07) is 12.1. The number of amidine groups is 1. The fourth-order valence-corrected chi connectivity index (χ4v) is 2.87. The van der Waals surface area contributed by atoms with Gasteiger partial charge in [-0.15, -0.1) is 13.2 Å². The van der Waals surface area contributed by atoms with E-state index in [1.165, 1.54) is 12.1 Å². The van der Waals surface area contributed by atoms with Crippen molar-refractivity contribution in [3.05, 3.63) is 54.1 Å². The molecule has 0 amide bonds. The molecular weight excluding hydrogens is 347 g/mol. The molecule has 6 nitrogen and oxygen atoms in total. The maximum absolute atomic E-state index is 12.2. The van der Waals surface area contributed by atoms with Crippen molar-refractivity contribution < 1.29 is 17.9 Å². The van der Waals surface area contributed by atoms with Gasteiger partial charge in [0.25, 0.3) is 0 Å². The van der Waals surface area contributed by atoms with E-state index in [2.05, 4.69) is 9.73 Å². The molecule has 0 fully saturated rings. The Balaban J connectivity index is 1.82. The zero-order chi connectivity index (χ0) is 18.9. The molecule has 0 aliphatic carbocycles. The predicted molar refractivity (Wildman–Crippen MR) is 92.7 cm³/mol. The second-order valence-corrected chi connectivity index (χ2v) is 5.68. The second kappa shape index (κ2) is 6.58. The van der Waals surface area contributed by atoms with Crippen molar-refractivity contribution in [2.45, 2.75) is 18.8 Å². The number of fused-ring (bicyclic) bond motifs is 1. The van der Waals surface area contributed by atoms with Crippen molar-refractivity contribution in [3.8, 4) is 5.75 Å². The van der Waals surface area contributed by atoms with E-state index in [0.717, 1.165) is 23.4 Å². The van der Waals surface area contributed by atoms with Crippen LogP contribution in [-0.4, -0.2) is 24.2 Å². The van der Waals surface area contributed by atoms with Crippen LogP contribution in [0.2, 0.25) is 0 Å². The molecule has 136 valence electrons. The molecule has 0 aromatic heterocycles. The minimum atomic E-state index is -4.75. The van der Waals surface area contributed by atoms with Crippen molar-refractivity contribution in [2.75, 3.05) is 4.90 Å². The van der Waals surface area contributed by atoms with Gasteiger partial charge < -0.3 is 21.1 Å². The summed E-state index contributed by atoms with van der Waals surface area (Å²) in [6.07, 6.45) is -4.22. The zero-order valence-corrected chi connectivity index (χ0v) is 13.5. The molecule has 0 saturated heterocycles. The van der Waals surface area contributed by atoms with E-state index in [9.17, 15) is 13.2 Å². The summed E-state index contributed by atoms with van der Waals surface area (Å²) in [5, 5.41) is 7.81. The number of anilines is 1. The Labute approximate surface area is 147 Å². The van der Waals surface area contributed by atoms with Crippen LogP contribution in [0.4, 0.5) is 24.5 Å². The molecule has 2 aromatic carbocycles. The fourth-order valence-electron chi connectivity index (χ4n) is 2.87.